The Morgan fingerprint density at radius 2 is 2.00 bits per heavy atom. The van der Waals surface area contributed by atoms with Crippen LogP contribution in [0.3, 0.4) is 0 Å². The minimum Gasteiger partial charge on any atom is -0.478 e. The van der Waals surface area contributed by atoms with Crippen LogP contribution in [-0.2, 0) is 0 Å². The Kier molecular flexibility index (Phi) is 3.65. The molecule has 2 aromatic rings. The number of hydrogen-bond donors (Lipinski definition) is 3. The number of aryl methyl sites for hydroxylation is 1. The highest BCUT2D eigenvalue weighted by molar-refractivity contribution is 6.07. The summed E-state index contributed by atoms with van der Waals surface area (Å²) in [5.41, 5.74) is 6.98. The summed E-state index contributed by atoms with van der Waals surface area (Å²) in [6.45, 7) is 1.67. The van der Waals surface area contributed by atoms with Crippen LogP contribution < -0.4 is 11.1 Å². The van der Waals surface area contributed by atoms with Crippen molar-refractivity contribution < 1.29 is 14.7 Å². The summed E-state index contributed by atoms with van der Waals surface area (Å²) in [5, 5.41) is 11.7. The third-order valence-electron chi connectivity index (χ3n) is 2.75. The molecule has 0 aliphatic rings. The van der Waals surface area contributed by atoms with Gasteiger partial charge in [0, 0.05) is 0 Å². The van der Waals surface area contributed by atoms with Gasteiger partial charge in [-0.05, 0) is 30.7 Å². The SMILES string of the molecule is Cc1cccc(NC(=O)c2ccc(N)cn2)c1C(=O)O. The van der Waals surface area contributed by atoms with E-state index in [1.807, 2.05) is 0 Å². The summed E-state index contributed by atoms with van der Waals surface area (Å²) < 4.78 is 0. The zero-order valence-corrected chi connectivity index (χ0v) is 10.8. The van der Waals surface area contributed by atoms with Crippen LogP contribution in [0.15, 0.2) is 36.5 Å². The molecule has 0 spiro atoms. The molecule has 4 N–H and O–H groups in total. The van der Waals surface area contributed by atoms with Crippen molar-refractivity contribution in [1.82, 2.24) is 4.98 Å². The van der Waals surface area contributed by atoms with Crippen LogP contribution in [0.25, 0.3) is 0 Å². The molecule has 0 saturated carbocycles. The summed E-state index contributed by atoms with van der Waals surface area (Å²) in [6.07, 6.45) is 1.36. The summed E-state index contributed by atoms with van der Waals surface area (Å²) in [4.78, 5) is 27.1. The van der Waals surface area contributed by atoms with Crippen molar-refractivity contribution in [2.24, 2.45) is 0 Å². The Morgan fingerprint density at radius 3 is 2.60 bits per heavy atom. The number of hydrogen-bond acceptors (Lipinski definition) is 4. The van der Waals surface area contributed by atoms with Gasteiger partial charge in [-0.2, -0.15) is 0 Å². The Labute approximate surface area is 115 Å². The number of nitrogens with two attached hydrogens (primary N) is 1. The maximum atomic E-state index is 12.0. The molecule has 102 valence electrons. The van der Waals surface area contributed by atoms with Crippen LogP contribution in [0.5, 0.6) is 0 Å². The molecule has 0 bridgehead atoms. The number of aromatic nitrogens is 1. The molecular formula is C14H13N3O3. The van der Waals surface area contributed by atoms with E-state index in [2.05, 4.69) is 10.3 Å². The minimum atomic E-state index is -1.09. The van der Waals surface area contributed by atoms with Gasteiger partial charge < -0.3 is 16.2 Å². The van der Waals surface area contributed by atoms with Gasteiger partial charge in [0.15, 0.2) is 0 Å². The number of carbonyl (C=O) groups is 2. The van der Waals surface area contributed by atoms with E-state index in [1.54, 1.807) is 25.1 Å². The van der Waals surface area contributed by atoms with E-state index in [1.165, 1.54) is 18.3 Å². The average Bonchev–Trinajstić information content (AvgIpc) is 2.39. The fourth-order valence-electron chi connectivity index (χ4n) is 1.78. The highest BCUT2D eigenvalue weighted by Crippen LogP contribution is 2.20. The predicted molar refractivity (Wildman–Crippen MR) is 74.7 cm³/mol. The van der Waals surface area contributed by atoms with E-state index in [4.69, 9.17) is 5.73 Å². The number of nitrogens with zero attached hydrogens (tertiary/aromatic N) is 1. The quantitative estimate of drug-likeness (QED) is 0.791. The standard InChI is InChI=1S/C14H13N3O3/c1-8-3-2-4-10(12(8)14(19)20)17-13(18)11-6-5-9(15)7-16-11/h2-7H,15H2,1H3,(H,17,18)(H,19,20). The lowest BCUT2D eigenvalue weighted by atomic mass is 10.1. The van der Waals surface area contributed by atoms with E-state index in [0.717, 1.165) is 0 Å². The third-order valence-corrected chi connectivity index (χ3v) is 2.75. The monoisotopic (exact) mass is 271 g/mol. The molecule has 1 aromatic carbocycles. The van der Waals surface area contributed by atoms with Crippen molar-refractivity contribution in [3.05, 3.63) is 53.3 Å². The maximum Gasteiger partial charge on any atom is 0.338 e. The first kappa shape index (κ1) is 13.5. The van der Waals surface area contributed by atoms with Gasteiger partial charge in [-0.15, -0.1) is 0 Å². The maximum absolute atomic E-state index is 12.0. The Morgan fingerprint density at radius 1 is 1.25 bits per heavy atom. The number of pyridine rings is 1. The second-order valence-electron chi connectivity index (χ2n) is 4.23. The summed E-state index contributed by atoms with van der Waals surface area (Å²) in [6, 6.07) is 7.90. The van der Waals surface area contributed by atoms with Crippen molar-refractivity contribution >= 4 is 23.3 Å². The number of amides is 1. The van der Waals surface area contributed by atoms with Gasteiger partial charge in [-0.1, -0.05) is 12.1 Å². The van der Waals surface area contributed by atoms with Crippen LogP contribution in [-0.4, -0.2) is 22.0 Å². The van der Waals surface area contributed by atoms with Gasteiger partial charge in [-0.25, -0.2) is 9.78 Å². The van der Waals surface area contributed by atoms with Crippen LogP contribution >= 0.6 is 0 Å². The van der Waals surface area contributed by atoms with Crippen LogP contribution in [0.2, 0.25) is 0 Å². The molecule has 0 atom stereocenters. The number of carboxylic acid groups (broad SMARTS) is 1. The normalized spacial score (nSPS) is 10.1. The average molecular weight is 271 g/mol. The van der Waals surface area contributed by atoms with Gasteiger partial charge in [0.1, 0.15) is 5.69 Å². The highest BCUT2D eigenvalue weighted by Gasteiger charge is 2.16. The molecule has 20 heavy (non-hydrogen) atoms. The van der Waals surface area contributed by atoms with Gasteiger partial charge in [0.2, 0.25) is 0 Å². The first-order valence-corrected chi connectivity index (χ1v) is 5.85. The highest BCUT2D eigenvalue weighted by atomic mass is 16.4. The molecule has 2 rings (SSSR count). The van der Waals surface area contributed by atoms with Crippen molar-refractivity contribution in [1.29, 1.82) is 0 Å². The Bertz CT molecular complexity index is 666. The number of nitrogens with one attached hydrogen (secondary N) is 1. The minimum absolute atomic E-state index is 0.0660. The summed E-state index contributed by atoms with van der Waals surface area (Å²) >= 11 is 0. The third kappa shape index (κ3) is 2.74. The van der Waals surface area contributed by atoms with Crippen LogP contribution in [0, 0.1) is 6.92 Å². The Balaban J connectivity index is 2.30. The largest absolute Gasteiger partial charge is 0.478 e. The van der Waals surface area contributed by atoms with E-state index in [-0.39, 0.29) is 16.9 Å². The lowest BCUT2D eigenvalue weighted by Crippen LogP contribution is -2.16. The summed E-state index contributed by atoms with van der Waals surface area (Å²) in [7, 11) is 0. The molecule has 0 aliphatic heterocycles. The first-order valence-electron chi connectivity index (χ1n) is 5.85. The second-order valence-corrected chi connectivity index (χ2v) is 4.23. The number of carboxylic acids is 1. The molecule has 1 aromatic heterocycles. The number of aromatic carboxylic acids is 1. The van der Waals surface area contributed by atoms with Gasteiger partial charge in [-0.3, -0.25) is 4.79 Å². The molecule has 0 fully saturated rings. The predicted octanol–water partition coefficient (Wildman–Crippen LogP) is 1.92. The molecule has 6 heteroatoms. The number of carbonyl (C=O) groups excluding carboxylic acids is 1. The number of anilines is 2. The van der Waals surface area contributed by atoms with E-state index in [0.29, 0.717) is 11.3 Å². The topological polar surface area (TPSA) is 105 Å². The zero-order valence-electron chi connectivity index (χ0n) is 10.8. The number of nitrogen functional groups attached to an aromatic ring is 1. The molecule has 0 saturated heterocycles. The molecule has 0 radical (unpaired) electrons. The van der Waals surface area contributed by atoms with Crippen LogP contribution in [0.1, 0.15) is 26.4 Å². The lowest BCUT2D eigenvalue weighted by Gasteiger charge is -2.10. The van der Waals surface area contributed by atoms with E-state index < -0.39 is 11.9 Å². The molecule has 6 nitrogen and oxygen atoms in total. The summed E-state index contributed by atoms with van der Waals surface area (Å²) in [5.74, 6) is -1.58. The lowest BCUT2D eigenvalue weighted by molar-refractivity contribution is 0.0697. The van der Waals surface area contributed by atoms with Crippen molar-refractivity contribution in [3.63, 3.8) is 0 Å². The molecular weight excluding hydrogens is 258 g/mol. The fraction of sp³-hybridized carbons (Fsp3) is 0.0714. The smallest absolute Gasteiger partial charge is 0.338 e. The van der Waals surface area contributed by atoms with Crippen molar-refractivity contribution in [2.75, 3.05) is 11.1 Å². The zero-order chi connectivity index (χ0) is 14.7. The number of rotatable bonds is 3. The molecule has 0 unspecified atom stereocenters. The fourth-order valence-corrected chi connectivity index (χ4v) is 1.78. The van der Waals surface area contributed by atoms with Crippen LogP contribution in [0.4, 0.5) is 11.4 Å². The van der Waals surface area contributed by atoms with Gasteiger partial charge in [0.25, 0.3) is 5.91 Å². The molecule has 1 amide bonds. The molecule has 0 aliphatic carbocycles. The van der Waals surface area contributed by atoms with Crippen molar-refractivity contribution in [3.8, 4) is 0 Å². The second kappa shape index (κ2) is 5.40. The van der Waals surface area contributed by atoms with Gasteiger partial charge >= 0.3 is 5.97 Å². The number of benzene rings is 1. The van der Waals surface area contributed by atoms with Gasteiger partial charge in [0.05, 0.1) is 23.1 Å². The van der Waals surface area contributed by atoms with Crippen molar-refractivity contribution in [2.45, 2.75) is 6.92 Å². The van der Waals surface area contributed by atoms with E-state index in [9.17, 15) is 14.7 Å². The molecule has 1 heterocycles. The Hall–Kier alpha value is -2.89. The first-order chi connectivity index (χ1) is 9.49. The van der Waals surface area contributed by atoms with E-state index >= 15 is 0 Å².